The summed E-state index contributed by atoms with van der Waals surface area (Å²) in [5.74, 6) is 1.81. The third-order valence-corrected chi connectivity index (χ3v) is 5.94. The van der Waals surface area contributed by atoms with E-state index in [4.69, 9.17) is 14.3 Å². The predicted octanol–water partition coefficient (Wildman–Crippen LogP) is 2.56. The summed E-state index contributed by atoms with van der Waals surface area (Å²) < 4.78 is 11.4. The molecule has 1 fully saturated rings. The molecule has 1 aromatic carbocycles. The second kappa shape index (κ2) is 9.07. The van der Waals surface area contributed by atoms with E-state index >= 15 is 0 Å². The average Bonchev–Trinajstić information content (AvgIpc) is 3.13. The molecule has 0 N–H and O–H groups in total. The molecule has 170 valence electrons. The summed E-state index contributed by atoms with van der Waals surface area (Å²) in [6, 6.07) is 9.52. The summed E-state index contributed by atoms with van der Waals surface area (Å²) in [7, 11) is 1.78. The van der Waals surface area contributed by atoms with Crippen molar-refractivity contribution >= 4 is 11.9 Å². The maximum absolute atomic E-state index is 12.7. The highest BCUT2D eigenvalue weighted by Gasteiger charge is 2.32. The van der Waals surface area contributed by atoms with Crippen LogP contribution in [-0.4, -0.2) is 68.5 Å². The summed E-state index contributed by atoms with van der Waals surface area (Å²) in [5, 5.41) is 3.84. The second-order valence-corrected chi connectivity index (χ2v) is 8.14. The Bertz CT molecular complexity index is 1150. The summed E-state index contributed by atoms with van der Waals surface area (Å²) in [6.45, 7) is 3.71. The number of carbonyl (C=O) groups excluding carboxylic acids is 1. The Hall–Kier alpha value is -3.66. The zero-order valence-electron chi connectivity index (χ0n) is 18.6. The highest BCUT2D eigenvalue weighted by Crippen LogP contribution is 2.29. The Labute approximate surface area is 191 Å². The molecule has 0 aliphatic carbocycles. The van der Waals surface area contributed by atoms with Crippen molar-refractivity contribution in [1.82, 2.24) is 29.9 Å². The van der Waals surface area contributed by atoms with Crippen molar-refractivity contribution in [2.45, 2.75) is 31.9 Å². The highest BCUT2D eigenvalue weighted by molar-refractivity contribution is 5.99. The fourth-order valence-corrected chi connectivity index (χ4v) is 4.14. The number of amides is 1. The van der Waals surface area contributed by atoms with Crippen LogP contribution in [0.4, 0.5) is 0 Å². The molecular weight excluding hydrogens is 422 g/mol. The van der Waals surface area contributed by atoms with E-state index in [0.29, 0.717) is 37.2 Å². The van der Waals surface area contributed by atoms with Gasteiger partial charge in [-0.3, -0.25) is 9.69 Å². The molecule has 2 aromatic heterocycles. The van der Waals surface area contributed by atoms with Crippen LogP contribution in [0.2, 0.25) is 0 Å². The summed E-state index contributed by atoms with van der Waals surface area (Å²) in [5.41, 5.74) is 2.72. The summed E-state index contributed by atoms with van der Waals surface area (Å²) >= 11 is 0. The molecule has 2 atom stereocenters. The van der Waals surface area contributed by atoms with Gasteiger partial charge in [0.15, 0.2) is 5.82 Å². The van der Waals surface area contributed by atoms with Crippen LogP contribution in [0.15, 0.2) is 52.4 Å². The largest absolute Gasteiger partial charge is 0.372 e. The lowest BCUT2D eigenvalue weighted by atomic mass is 10.0. The lowest BCUT2D eigenvalue weighted by Crippen LogP contribution is -2.49. The molecular formula is C23H25N7O3. The van der Waals surface area contributed by atoms with E-state index in [1.54, 1.807) is 25.1 Å². The Balaban J connectivity index is 1.30. The van der Waals surface area contributed by atoms with Gasteiger partial charge in [0.25, 0.3) is 5.89 Å². The molecule has 2 unspecified atom stereocenters. The van der Waals surface area contributed by atoms with Gasteiger partial charge in [-0.1, -0.05) is 17.3 Å². The van der Waals surface area contributed by atoms with E-state index in [-0.39, 0.29) is 18.1 Å². The monoisotopic (exact) mass is 447 g/mol. The van der Waals surface area contributed by atoms with E-state index in [0.717, 1.165) is 29.8 Å². The van der Waals surface area contributed by atoms with Gasteiger partial charge in [-0.2, -0.15) is 4.98 Å². The Morgan fingerprint density at radius 2 is 1.97 bits per heavy atom. The van der Waals surface area contributed by atoms with Gasteiger partial charge >= 0.3 is 0 Å². The van der Waals surface area contributed by atoms with Crippen LogP contribution in [0.25, 0.3) is 11.5 Å². The minimum absolute atomic E-state index is 0.0252. The van der Waals surface area contributed by atoms with Gasteiger partial charge in [0.05, 0.1) is 24.8 Å². The first kappa shape index (κ1) is 21.2. The minimum atomic E-state index is -0.299. The molecule has 3 aromatic rings. The van der Waals surface area contributed by atoms with Gasteiger partial charge in [-0.15, -0.1) is 0 Å². The lowest BCUT2D eigenvalue weighted by molar-refractivity contribution is -0.128. The Kier molecular flexibility index (Phi) is 5.82. The SMILES string of the molecule is Cc1noc(-c2ccc(C3CCN(C4=NC(c5ccncn5)CC(=O)N4C)CCO3)cc2)n1. The molecule has 10 nitrogen and oxygen atoms in total. The maximum Gasteiger partial charge on any atom is 0.257 e. The van der Waals surface area contributed by atoms with Crippen LogP contribution in [0.5, 0.6) is 0 Å². The van der Waals surface area contributed by atoms with Crippen molar-refractivity contribution in [3.8, 4) is 11.5 Å². The summed E-state index contributed by atoms with van der Waals surface area (Å²) in [6.07, 6.45) is 4.20. The first-order chi connectivity index (χ1) is 16.1. The number of hydrogen-bond acceptors (Lipinski definition) is 9. The van der Waals surface area contributed by atoms with E-state index in [2.05, 4.69) is 25.0 Å². The van der Waals surface area contributed by atoms with Gasteiger partial charge in [0.1, 0.15) is 12.4 Å². The molecule has 10 heteroatoms. The first-order valence-electron chi connectivity index (χ1n) is 11.0. The van der Waals surface area contributed by atoms with Crippen molar-refractivity contribution in [1.29, 1.82) is 0 Å². The molecule has 0 spiro atoms. The van der Waals surface area contributed by atoms with Crippen LogP contribution in [0.1, 0.15) is 42.1 Å². The number of aryl methyl sites for hydroxylation is 1. The third kappa shape index (κ3) is 4.47. The van der Waals surface area contributed by atoms with Crippen molar-refractivity contribution in [2.75, 3.05) is 26.7 Å². The maximum atomic E-state index is 12.7. The van der Waals surface area contributed by atoms with Crippen LogP contribution in [-0.2, 0) is 9.53 Å². The Morgan fingerprint density at radius 1 is 1.12 bits per heavy atom. The van der Waals surface area contributed by atoms with Crippen molar-refractivity contribution < 1.29 is 14.1 Å². The number of rotatable bonds is 3. The highest BCUT2D eigenvalue weighted by atomic mass is 16.5. The Morgan fingerprint density at radius 3 is 2.70 bits per heavy atom. The van der Waals surface area contributed by atoms with Crippen LogP contribution in [0, 0.1) is 6.92 Å². The van der Waals surface area contributed by atoms with Gasteiger partial charge in [-0.05, 0) is 37.1 Å². The second-order valence-electron chi connectivity index (χ2n) is 8.14. The number of nitrogens with zero attached hydrogens (tertiary/aromatic N) is 7. The molecule has 33 heavy (non-hydrogen) atoms. The number of guanidine groups is 1. The topological polar surface area (TPSA) is 110 Å². The van der Waals surface area contributed by atoms with Crippen molar-refractivity contribution in [2.24, 2.45) is 4.99 Å². The molecule has 1 saturated heterocycles. The van der Waals surface area contributed by atoms with E-state index in [9.17, 15) is 4.79 Å². The van der Waals surface area contributed by atoms with Crippen molar-refractivity contribution in [3.63, 3.8) is 0 Å². The van der Waals surface area contributed by atoms with E-state index in [1.807, 2.05) is 30.3 Å². The number of aromatic nitrogens is 4. The normalized spacial score (nSPS) is 21.6. The molecule has 2 aliphatic heterocycles. The fraction of sp³-hybridized carbons (Fsp3) is 0.391. The number of hydrogen-bond donors (Lipinski definition) is 0. The molecule has 1 amide bonds. The van der Waals surface area contributed by atoms with Crippen LogP contribution >= 0.6 is 0 Å². The molecule has 5 rings (SSSR count). The van der Waals surface area contributed by atoms with Crippen LogP contribution < -0.4 is 0 Å². The van der Waals surface area contributed by atoms with Crippen LogP contribution in [0.3, 0.4) is 0 Å². The van der Waals surface area contributed by atoms with Gasteiger partial charge < -0.3 is 14.2 Å². The number of ether oxygens (including phenoxy) is 1. The fourth-order valence-electron chi connectivity index (χ4n) is 4.14. The minimum Gasteiger partial charge on any atom is -0.372 e. The van der Waals surface area contributed by atoms with E-state index in [1.165, 1.54) is 6.33 Å². The molecule has 4 heterocycles. The van der Waals surface area contributed by atoms with Gasteiger partial charge in [0.2, 0.25) is 11.9 Å². The van der Waals surface area contributed by atoms with E-state index < -0.39 is 0 Å². The smallest absolute Gasteiger partial charge is 0.257 e. The molecule has 0 radical (unpaired) electrons. The molecule has 0 saturated carbocycles. The zero-order chi connectivity index (χ0) is 22.8. The number of benzene rings is 1. The number of carbonyl (C=O) groups is 1. The van der Waals surface area contributed by atoms with Crippen molar-refractivity contribution in [3.05, 3.63) is 59.9 Å². The molecule has 2 aliphatic rings. The first-order valence-corrected chi connectivity index (χ1v) is 11.0. The van der Waals surface area contributed by atoms with Gasteiger partial charge in [-0.25, -0.2) is 15.0 Å². The zero-order valence-corrected chi connectivity index (χ0v) is 18.6. The third-order valence-electron chi connectivity index (χ3n) is 5.94. The number of aliphatic imine (C=N–C) groups is 1. The lowest BCUT2D eigenvalue weighted by Gasteiger charge is -2.34. The molecule has 0 bridgehead atoms. The average molecular weight is 447 g/mol. The standard InChI is InChI=1S/C23H25N7O3/c1-15-26-22(33-28-15)17-5-3-16(4-6-17)20-8-10-30(11-12-32-20)23-27-19(13-21(31)29(23)2)18-7-9-24-14-25-18/h3-7,9,14,19-20H,8,10-13H2,1-2H3. The quantitative estimate of drug-likeness (QED) is 0.603. The van der Waals surface area contributed by atoms with Gasteiger partial charge in [0, 0.05) is 31.9 Å². The predicted molar refractivity (Wildman–Crippen MR) is 119 cm³/mol. The summed E-state index contributed by atoms with van der Waals surface area (Å²) in [4.78, 5) is 33.8.